The lowest BCUT2D eigenvalue weighted by atomic mass is 9.79. The van der Waals surface area contributed by atoms with E-state index >= 15 is 0 Å². The second kappa shape index (κ2) is 14.3. The summed E-state index contributed by atoms with van der Waals surface area (Å²) < 4.78 is 17.0. The molecule has 288 valence electrons. The lowest BCUT2D eigenvalue weighted by molar-refractivity contribution is -0.196. The van der Waals surface area contributed by atoms with Gasteiger partial charge >= 0.3 is 17.9 Å². The number of carbonyl (C=O) groups excluding carboxylic acids is 2. The molecule has 0 amide bonds. The van der Waals surface area contributed by atoms with Gasteiger partial charge in [-0.25, -0.2) is 14.4 Å². The van der Waals surface area contributed by atoms with Gasteiger partial charge < -0.3 is 65.3 Å². The summed E-state index contributed by atoms with van der Waals surface area (Å²) in [7, 11) is 0. The van der Waals surface area contributed by atoms with Crippen LogP contribution in [0.2, 0.25) is 0 Å². The number of benzene rings is 3. The molecule has 17 heteroatoms. The molecule has 6 rings (SSSR count). The maximum Gasteiger partial charge on any atom is 0.338 e. The fourth-order valence-corrected chi connectivity index (χ4v) is 6.69. The third kappa shape index (κ3) is 7.35. The molecule has 0 saturated heterocycles. The average molecular weight is 763 g/mol. The van der Waals surface area contributed by atoms with Gasteiger partial charge in [-0.3, -0.25) is 4.79 Å². The number of ether oxygens (including phenoxy) is 3. The molecule has 1 aliphatic heterocycles. The number of carboxylic acid groups (broad SMARTS) is 1. The number of aliphatic hydroxyl groups is 3. The Morgan fingerprint density at radius 3 is 2.27 bits per heavy atom. The molecule has 0 radical (unpaired) electrons. The van der Waals surface area contributed by atoms with Gasteiger partial charge in [-0.1, -0.05) is 6.07 Å². The number of aryl methyl sites for hydroxylation is 1. The minimum atomic E-state index is -2.50. The van der Waals surface area contributed by atoms with Crippen molar-refractivity contribution in [2.24, 2.45) is 0 Å². The second-order valence-corrected chi connectivity index (χ2v) is 13.3. The quantitative estimate of drug-likeness (QED) is 0.0730. The van der Waals surface area contributed by atoms with Crippen LogP contribution in [0, 0.1) is 6.92 Å². The number of aromatic hydroxyl groups is 6. The van der Waals surface area contributed by atoms with Gasteiger partial charge in [-0.15, -0.1) is 0 Å². The van der Waals surface area contributed by atoms with Crippen LogP contribution in [0.3, 0.4) is 0 Å². The van der Waals surface area contributed by atoms with Crippen LogP contribution in [0.5, 0.6) is 40.2 Å². The van der Waals surface area contributed by atoms with Crippen LogP contribution in [0.4, 0.5) is 0 Å². The van der Waals surface area contributed by atoms with Crippen LogP contribution in [0.25, 0.3) is 16.8 Å². The third-order valence-electron chi connectivity index (χ3n) is 9.60. The second-order valence-electron chi connectivity index (χ2n) is 13.3. The fourth-order valence-electron chi connectivity index (χ4n) is 6.69. The van der Waals surface area contributed by atoms with E-state index in [1.807, 2.05) is 0 Å². The van der Waals surface area contributed by atoms with E-state index in [1.165, 1.54) is 19.1 Å². The third-order valence-corrected chi connectivity index (χ3v) is 9.60. The monoisotopic (exact) mass is 762 g/mol. The van der Waals surface area contributed by atoms with Crippen LogP contribution in [0.1, 0.15) is 51.6 Å². The molecule has 4 unspecified atom stereocenters. The van der Waals surface area contributed by atoms with E-state index in [0.717, 1.165) is 48.6 Å². The molecule has 1 fully saturated rings. The van der Waals surface area contributed by atoms with Gasteiger partial charge in [-0.2, -0.15) is 0 Å². The highest BCUT2D eigenvalue weighted by Gasteiger charge is 2.50. The topological polar surface area (TPSA) is 298 Å². The van der Waals surface area contributed by atoms with Gasteiger partial charge in [0.05, 0.1) is 11.7 Å². The van der Waals surface area contributed by atoms with E-state index in [9.17, 15) is 70.2 Å². The van der Waals surface area contributed by atoms with Crippen LogP contribution in [-0.4, -0.2) is 99.0 Å². The maximum atomic E-state index is 13.9. The Bertz CT molecular complexity index is 2340. The largest absolute Gasteiger partial charge is 0.508 e. The zero-order valence-corrected chi connectivity index (χ0v) is 28.6. The Labute approximate surface area is 309 Å². The minimum Gasteiger partial charge on any atom is -0.508 e. The van der Waals surface area contributed by atoms with E-state index in [1.54, 1.807) is 0 Å². The van der Waals surface area contributed by atoms with Crippen molar-refractivity contribution in [3.63, 3.8) is 0 Å². The molecule has 1 aliphatic carbocycles. The van der Waals surface area contributed by atoms with E-state index in [0.29, 0.717) is 0 Å². The van der Waals surface area contributed by atoms with E-state index in [-0.39, 0.29) is 56.7 Å². The first-order valence-electron chi connectivity index (χ1n) is 16.6. The molecule has 6 atom stereocenters. The van der Waals surface area contributed by atoms with Gasteiger partial charge in [0.2, 0.25) is 5.43 Å². The molecule has 0 spiro atoms. The maximum absolute atomic E-state index is 13.9. The molecule has 2 aliphatic rings. The normalized spacial score (nSPS) is 23.5. The lowest BCUT2D eigenvalue weighted by Crippen LogP contribution is -2.57. The Morgan fingerprint density at radius 1 is 0.855 bits per heavy atom. The van der Waals surface area contributed by atoms with Crippen LogP contribution in [0.15, 0.2) is 59.4 Å². The molecule has 0 bridgehead atoms. The van der Waals surface area contributed by atoms with Crippen molar-refractivity contribution < 1.29 is 79.7 Å². The summed E-state index contributed by atoms with van der Waals surface area (Å²) in [6.07, 6.45) is -7.40. The Hall–Kier alpha value is -6.56. The number of hydrogen-bond donors (Lipinski definition) is 10. The van der Waals surface area contributed by atoms with E-state index in [2.05, 4.69) is 0 Å². The van der Waals surface area contributed by atoms with Crippen molar-refractivity contribution in [1.29, 1.82) is 0 Å². The number of carboxylic acids is 1. The van der Waals surface area contributed by atoms with Crippen molar-refractivity contribution in [2.75, 3.05) is 0 Å². The van der Waals surface area contributed by atoms with Gasteiger partial charge in [-0.05, 0) is 48.2 Å². The molecule has 1 heterocycles. The summed E-state index contributed by atoms with van der Waals surface area (Å²) in [4.78, 5) is 51.5. The summed E-state index contributed by atoms with van der Waals surface area (Å²) in [5.74, 6) is -7.03. The fraction of sp³-hybridized carbons (Fsp3) is 0.263. The SMILES string of the molecule is Cc1c(O)cc(/C=C/C(=O)OC2CC(O)(C(=O)O)CC(O)C2O)c2cc(C(=O)O[C@@H]3Cc4c(O)cc(O)cc4O[C@@H]3c3ccc(O)c(O)c3)cc(=O)c(O)c12. The number of rotatable bonds is 7. The Balaban J connectivity index is 1.37. The minimum absolute atomic E-state index is 0.00957. The van der Waals surface area contributed by atoms with E-state index in [4.69, 9.17) is 14.2 Å². The molecule has 55 heavy (non-hydrogen) atoms. The van der Waals surface area contributed by atoms with E-state index < -0.39 is 101 Å². The highest BCUT2D eigenvalue weighted by Crippen LogP contribution is 2.44. The van der Waals surface area contributed by atoms with Crippen LogP contribution in [-0.2, 0) is 25.5 Å². The molecular weight excluding hydrogens is 728 g/mol. The number of fused-ring (bicyclic) bond motifs is 2. The molecule has 1 saturated carbocycles. The molecular formula is C38H34O17. The number of aliphatic hydroxyl groups excluding tert-OH is 2. The summed E-state index contributed by atoms with van der Waals surface area (Å²) in [5, 5.41) is 102. The number of hydrogen-bond acceptors (Lipinski definition) is 16. The zero-order valence-electron chi connectivity index (χ0n) is 28.6. The number of esters is 2. The van der Waals surface area contributed by atoms with Crippen molar-refractivity contribution >= 4 is 34.8 Å². The van der Waals surface area contributed by atoms with Crippen molar-refractivity contribution in [1.82, 2.24) is 0 Å². The Morgan fingerprint density at radius 2 is 1.58 bits per heavy atom. The number of phenolic OH excluding ortho intramolecular Hbond substituents is 5. The Kier molecular flexibility index (Phi) is 9.96. The van der Waals surface area contributed by atoms with Crippen LogP contribution < -0.4 is 10.2 Å². The molecule has 17 nitrogen and oxygen atoms in total. The number of carbonyl (C=O) groups is 3. The highest BCUT2D eigenvalue weighted by atomic mass is 16.6. The van der Waals surface area contributed by atoms with Crippen molar-refractivity contribution in [3.8, 4) is 40.2 Å². The van der Waals surface area contributed by atoms with Gasteiger partial charge in [0.1, 0.15) is 41.3 Å². The van der Waals surface area contributed by atoms with Crippen molar-refractivity contribution in [2.45, 2.75) is 62.3 Å². The highest BCUT2D eigenvalue weighted by molar-refractivity contribution is 6.03. The summed E-state index contributed by atoms with van der Waals surface area (Å²) in [6, 6.07) is 9.00. The standard InChI is InChI=1S/C38H34O17/c1-15-23(41)7-16(3-5-31(46)53-30-14-38(52,37(50)51)13-27(45)33(30)47)20-6-18(9-26(44)34(48)32(15)20)36(49)55-29-12-21-24(42)10-19(39)11-28(21)54-35(29)17-2-4-22(40)25(43)8-17/h2-11,27,29-30,33,35,39-43,45,47,52H,12-14H2,1H3,(H,44,48)(H,50,51)/b5-3+/t27?,29-,30?,33?,35-,38?/m1/s1. The molecule has 4 aromatic carbocycles. The zero-order chi connectivity index (χ0) is 40.1. The summed E-state index contributed by atoms with van der Waals surface area (Å²) in [6.45, 7) is 1.37. The lowest BCUT2D eigenvalue weighted by Gasteiger charge is -2.39. The summed E-state index contributed by atoms with van der Waals surface area (Å²) >= 11 is 0. The molecule has 0 aromatic heterocycles. The number of phenols is 5. The molecule has 4 aromatic rings. The molecule has 10 N–H and O–H groups in total. The first-order valence-corrected chi connectivity index (χ1v) is 16.6. The van der Waals surface area contributed by atoms with Gasteiger partial charge in [0.25, 0.3) is 0 Å². The first kappa shape index (κ1) is 38.2. The average Bonchev–Trinajstić information content (AvgIpc) is 3.24. The predicted octanol–water partition coefficient (Wildman–Crippen LogP) is 1.90. The summed E-state index contributed by atoms with van der Waals surface area (Å²) in [5.41, 5.74) is -3.69. The smallest absolute Gasteiger partial charge is 0.338 e. The number of aliphatic carboxylic acids is 1. The van der Waals surface area contributed by atoms with Gasteiger partial charge in [0.15, 0.2) is 29.0 Å². The van der Waals surface area contributed by atoms with Gasteiger partial charge in [0, 0.05) is 65.6 Å². The predicted molar refractivity (Wildman–Crippen MR) is 187 cm³/mol. The van der Waals surface area contributed by atoms with Crippen LogP contribution >= 0.6 is 0 Å². The first-order chi connectivity index (χ1) is 25.9. The van der Waals surface area contributed by atoms with Crippen molar-refractivity contribution in [3.05, 3.63) is 92.6 Å².